The number of thiazole rings is 1. The Bertz CT molecular complexity index is 1190. The smallest absolute Gasteiger partial charge is 0.257 e. The lowest BCUT2D eigenvalue weighted by molar-refractivity contribution is 0.102. The minimum atomic E-state index is -0.197. The average Bonchev–Trinajstić information content (AvgIpc) is 3.21. The lowest BCUT2D eigenvalue weighted by atomic mass is 10.1. The van der Waals surface area contributed by atoms with Crippen molar-refractivity contribution in [3.63, 3.8) is 0 Å². The summed E-state index contributed by atoms with van der Waals surface area (Å²) in [7, 11) is 0. The minimum Gasteiger partial charge on any atom is -0.298 e. The number of aryl methyl sites for hydroxylation is 2. The summed E-state index contributed by atoms with van der Waals surface area (Å²) in [5.74, 6) is -0.197. The van der Waals surface area contributed by atoms with Crippen molar-refractivity contribution in [2.75, 3.05) is 5.32 Å². The Labute approximate surface area is 188 Å². The highest BCUT2D eigenvalue weighted by atomic mass is 35.5. The van der Waals surface area contributed by atoms with Crippen LogP contribution in [0.4, 0.5) is 5.13 Å². The fourth-order valence-corrected chi connectivity index (χ4v) is 4.97. The number of amides is 1. The second-order valence-corrected chi connectivity index (χ2v) is 9.02. The van der Waals surface area contributed by atoms with Crippen molar-refractivity contribution in [1.29, 1.82) is 0 Å². The van der Waals surface area contributed by atoms with E-state index >= 15 is 0 Å². The minimum absolute atomic E-state index is 0.197. The first-order valence-corrected chi connectivity index (χ1v) is 11.3. The second-order valence-electron chi connectivity index (χ2n) is 6.70. The van der Waals surface area contributed by atoms with Gasteiger partial charge in [0.25, 0.3) is 5.91 Å². The van der Waals surface area contributed by atoms with Crippen LogP contribution in [0.3, 0.4) is 0 Å². The molecule has 0 radical (unpaired) electrons. The summed E-state index contributed by atoms with van der Waals surface area (Å²) in [5, 5.41) is 6.12. The zero-order valence-electron chi connectivity index (χ0n) is 16.3. The van der Waals surface area contributed by atoms with Gasteiger partial charge < -0.3 is 0 Å². The number of anilines is 1. The third kappa shape index (κ3) is 4.56. The molecule has 0 bridgehead atoms. The van der Waals surface area contributed by atoms with Crippen LogP contribution in [0.2, 0.25) is 5.02 Å². The molecule has 0 unspecified atom stereocenters. The number of hydrogen-bond acceptors (Lipinski definition) is 5. The van der Waals surface area contributed by atoms with Crippen molar-refractivity contribution in [2.45, 2.75) is 23.6 Å². The predicted molar refractivity (Wildman–Crippen MR) is 125 cm³/mol. The summed E-state index contributed by atoms with van der Waals surface area (Å²) in [4.78, 5) is 23.1. The Morgan fingerprint density at radius 2 is 1.77 bits per heavy atom. The number of benzene rings is 2. The van der Waals surface area contributed by atoms with E-state index in [0.29, 0.717) is 10.7 Å². The molecule has 0 saturated carbocycles. The van der Waals surface area contributed by atoms with Crippen LogP contribution >= 0.6 is 34.7 Å². The van der Waals surface area contributed by atoms with Gasteiger partial charge in [0, 0.05) is 38.7 Å². The molecule has 4 nitrogen and oxygen atoms in total. The maximum Gasteiger partial charge on any atom is 0.257 e. The number of carbonyl (C=O) groups is 1. The molecule has 0 spiro atoms. The second kappa shape index (κ2) is 9.00. The summed E-state index contributed by atoms with van der Waals surface area (Å²) >= 11 is 9.40. The first-order valence-electron chi connectivity index (χ1n) is 9.22. The molecule has 2 heterocycles. The number of hydrogen-bond donors (Lipinski definition) is 1. The maximum atomic E-state index is 12.3. The SMILES string of the molecule is Cc1cc(-c2csc(NC(=O)c3ccncc3)n2)cc(C)c1Sc1ccccc1Cl. The Balaban J connectivity index is 1.55. The quantitative estimate of drug-likeness (QED) is 0.359. The third-order valence-electron chi connectivity index (χ3n) is 4.47. The van der Waals surface area contributed by atoms with Crippen molar-refractivity contribution < 1.29 is 4.79 Å². The van der Waals surface area contributed by atoms with Gasteiger partial charge in [0.1, 0.15) is 0 Å². The fraction of sp³-hybridized carbons (Fsp3) is 0.0870. The highest BCUT2D eigenvalue weighted by Gasteiger charge is 2.13. The molecule has 4 rings (SSSR count). The van der Waals surface area contributed by atoms with Crippen LogP contribution < -0.4 is 5.32 Å². The van der Waals surface area contributed by atoms with E-state index in [0.717, 1.165) is 32.3 Å². The molecular weight excluding hydrogens is 434 g/mol. The van der Waals surface area contributed by atoms with E-state index in [2.05, 4.69) is 41.3 Å². The Morgan fingerprint density at radius 1 is 1.07 bits per heavy atom. The molecule has 0 aliphatic heterocycles. The Morgan fingerprint density at radius 3 is 2.47 bits per heavy atom. The largest absolute Gasteiger partial charge is 0.298 e. The number of nitrogens with zero attached hydrogens (tertiary/aromatic N) is 2. The molecular formula is C23H18ClN3OS2. The number of nitrogens with one attached hydrogen (secondary N) is 1. The third-order valence-corrected chi connectivity index (χ3v) is 7.10. The molecule has 2 aromatic carbocycles. The normalized spacial score (nSPS) is 10.8. The fourth-order valence-electron chi connectivity index (χ4n) is 3.03. The van der Waals surface area contributed by atoms with Crippen molar-refractivity contribution in [3.8, 4) is 11.3 Å². The van der Waals surface area contributed by atoms with Crippen molar-refractivity contribution in [1.82, 2.24) is 9.97 Å². The van der Waals surface area contributed by atoms with Gasteiger partial charge in [-0.2, -0.15) is 0 Å². The van der Waals surface area contributed by atoms with Gasteiger partial charge >= 0.3 is 0 Å². The van der Waals surface area contributed by atoms with Crippen LogP contribution in [0.1, 0.15) is 21.5 Å². The molecule has 2 aromatic heterocycles. The Kier molecular flexibility index (Phi) is 6.18. The maximum absolute atomic E-state index is 12.3. The van der Waals surface area contributed by atoms with E-state index in [4.69, 9.17) is 11.6 Å². The molecule has 0 fully saturated rings. The number of pyridine rings is 1. The average molecular weight is 452 g/mol. The van der Waals surface area contributed by atoms with Crippen LogP contribution in [-0.2, 0) is 0 Å². The monoisotopic (exact) mass is 451 g/mol. The van der Waals surface area contributed by atoms with Gasteiger partial charge in [0.15, 0.2) is 5.13 Å². The van der Waals surface area contributed by atoms with Crippen LogP contribution in [0, 0.1) is 13.8 Å². The van der Waals surface area contributed by atoms with E-state index in [-0.39, 0.29) is 5.91 Å². The van der Waals surface area contributed by atoms with Gasteiger partial charge in [-0.05, 0) is 61.4 Å². The van der Waals surface area contributed by atoms with Gasteiger partial charge in [0.05, 0.1) is 10.7 Å². The molecule has 150 valence electrons. The van der Waals surface area contributed by atoms with Crippen LogP contribution in [0.15, 0.2) is 76.1 Å². The van der Waals surface area contributed by atoms with Gasteiger partial charge in [-0.1, -0.05) is 35.5 Å². The van der Waals surface area contributed by atoms with E-state index < -0.39 is 0 Å². The number of carbonyl (C=O) groups excluding carboxylic acids is 1. The lowest BCUT2D eigenvalue weighted by Gasteiger charge is -2.12. The highest BCUT2D eigenvalue weighted by Crippen LogP contribution is 2.39. The molecule has 1 amide bonds. The standard InChI is InChI=1S/C23H18ClN3OS2/c1-14-11-17(12-15(2)21(14)30-20-6-4-3-5-18(20)24)19-13-29-23(26-19)27-22(28)16-7-9-25-10-8-16/h3-13H,1-2H3,(H,26,27,28). The molecule has 7 heteroatoms. The molecule has 30 heavy (non-hydrogen) atoms. The van der Waals surface area contributed by atoms with Crippen LogP contribution in [0.25, 0.3) is 11.3 Å². The zero-order valence-corrected chi connectivity index (χ0v) is 18.7. The number of aromatic nitrogens is 2. The summed E-state index contributed by atoms with van der Waals surface area (Å²) in [6, 6.07) is 15.4. The van der Waals surface area contributed by atoms with E-state index in [1.165, 1.54) is 16.2 Å². The highest BCUT2D eigenvalue weighted by molar-refractivity contribution is 7.99. The number of halogens is 1. The Hall–Kier alpha value is -2.67. The van der Waals surface area contributed by atoms with Crippen LogP contribution in [0.5, 0.6) is 0 Å². The molecule has 0 atom stereocenters. The van der Waals surface area contributed by atoms with E-state index in [9.17, 15) is 4.79 Å². The molecule has 1 N–H and O–H groups in total. The van der Waals surface area contributed by atoms with E-state index in [1.807, 2.05) is 29.6 Å². The molecule has 0 saturated heterocycles. The first kappa shape index (κ1) is 20.6. The first-order chi connectivity index (χ1) is 14.5. The number of rotatable bonds is 5. The van der Waals surface area contributed by atoms with Gasteiger partial charge in [-0.25, -0.2) is 4.98 Å². The van der Waals surface area contributed by atoms with Crippen molar-refractivity contribution >= 4 is 45.7 Å². The summed E-state index contributed by atoms with van der Waals surface area (Å²) in [6.45, 7) is 4.18. The summed E-state index contributed by atoms with van der Waals surface area (Å²) in [5.41, 5.74) is 4.73. The topological polar surface area (TPSA) is 54.9 Å². The van der Waals surface area contributed by atoms with Gasteiger partial charge in [0.2, 0.25) is 0 Å². The molecule has 0 aliphatic carbocycles. The van der Waals surface area contributed by atoms with Crippen LogP contribution in [-0.4, -0.2) is 15.9 Å². The van der Waals surface area contributed by atoms with Gasteiger partial charge in [-0.15, -0.1) is 11.3 Å². The van der Waals surface area contributed by atoms with Crippen molar-refractivity contribution in [3.05, 3.63) is 88.0 Å². The molecule has 4 aromatic rings. The lowest BCUT2D eigenvalue weighted by Crippen LogP contribution is -2.11. The predicted octanol–water partition coefficient (Wildman–Crippen LogP) is 6.88. The molecule has 0 aliphatic rings. The van der Waals surface area contributed by atoms with E-state index in [1.54, 1.807) is 36.3 Å². The van der Waals surface area contributed by atoms with Gasteiger partial charge in [-0.3, -0.25) is 15.1 Å². The summed E-state index contributed by atoms with van der Waals surface area (Å²) in [6.07, 6.45) is 3.19. The van der Waals surface area contributed by atoms with Crippen molar-refractivity contribution in [2.24, 2.45) is 0 Å². The summed E-state index contributed by atoms with van der Waals surface area (Å²) < 4.78 is 0. The zero-order chi connectivity index (χ0) is 21.1.